The molecule has 0 amide bonds. The highest BCUT2D eigenvalue weighted by Gasteiger charge is 2.45. The van der Waals surface area contributed by atoms with Crippen molar-refractivity contribution in [2.75, 3.05) is 11.5 Å². The van der Waals surface area contributed by atoms with Gasteiger partial charge in [0.15, 0.2) is 16.6 Å². The van der Waals surface area contributed by atoms with Gasteiger partial charge >= 0.3 is 0 Å². The van der Waals surface area contributed by atoms with Gasteiger partial charge in [-0.15, -0.1) is 0 Å². The monoisotopic (exact) mass is 546 g/mol. The Kier molecular flexibility index (Phi) is 12.2. The van der Waals surface area contributed by atoms with Crippen LogP contribution in [0.25, 0.3) is 0 Å². The van der Waals surface area contributed by atoms with Gasteiger partial charge in [-0.25, -0.2) is 0 Å². The van der Waals surface area contributed by atoms with Crippen molar-refractivity contribution in [2.24, 2.45) is 0 Å². The van der Waals surface area contributed by atoms with E-state index < -0.39 is 16.6 Å². The summed E-state index contributed by atoms with van der Waals surface area (Å²) >= 11 is 4.41. The highest BCUT2D eigenvalue weighted by Crippen LogP contribution is 2.42. The fourth-order valence-electron chi connectivity index (χ4n) is 4.47. The minimum atomic E-state index is -1.89. The molecule has 0 radical (unpaired) electrons. The maximum Gasteiger partial charge on any atom is 0.192 e. The normalized spacial score (nSPS) is 22.1. The summed E-state index contributed by atoms with van der Waals surface area (Å²) < 4.78 is 14.5. The molecule has 0 N–H and O–H groups in total. The molecule has 2 fully saturated rings. The fourth-order valence-corrected chi connectivity index (χ4v) is 10.2. The summed E-state index contributed by atoms with van der Waals surface area (Å²) in [4.78, 5) is 0. The molecule has 0 bridgehead atoms. The first kappa shape index (κ1) is 31.3. The second kappa shape index (κ2) is 13.2. The van der Waals surface area contributed by atoms with Crippen molar-refractivity contribution in [3.05, 3.63) is 0 Å². The Balaban J connectivity index is 2.24. The van der Waals surface area contributed by atoms with Crippen LogP contribution in [0.2, 0.25) is 36.3 Å². The van der Waals surface area contributed by atoms with Gasteiger partial charge in [-0.05, 0) is 61.9 Å². The van der Waals surface area contributed by atoms with Crippen molar-refractivity contribution in [1.29, 1.82) is 0 Å². The first-order valence-electron chi connectivity index (χ1n) is 14.2. The van der Waals surface area contributed by atoms with E-state index >= 15 is 0 Å². The van der Waals surface area contributed by atoms with Gasteiger partial charge in [-0.2, -0.15) is 23.5 Å². The molecule has 2 atom stereocenters. The van der Waals surface area contributed by atoms with Crippen LogP contribution < -0.4 is 0 Å². The number of rotatable bonds is 11. The fraction of sp³-hybridized carbons (Fsp3) is 1.00. The minimum Gasteiger partial charge on any atom is -0.410 e. The standard InChI is InChI=1S/C28H58O2S2Si2/c1-27(2,3)33(7,8)29-25(21-31-23-17-13-11-14-18-23)26(30-34(9,10)28(4,5)6)22-32-24-19-15-12-16-20-24/h23-26H,11-22H2,1-10H3/t25-,26-/m0/s1. The first-order chi connectivity index (χ1) is 15.6. The third kappa shape index (κ3) is 9.74. The smallest absolute Gasteiger partial charge is 0.192 e. The van der Waals surface area contributed by atoms with Gasteiger partial charge < -0.3 is 8.85 Å². The Bertz CT molecular complexity index is 534. The summed E-state index contributed by atoms with van der Waals surface area (Å²) in [7, 11) is -3.79. The molecule has 2 saturated carbocycles. The Labute approximate surface area is 224 Å². The molecule has 202 valence electrons. The topological polar surface area (TPSA) is 18.5 Å². The van der Waals surface area contributed by atoms with Crippen molar-refractivity contribution >= 4 is 40.2 Å². The Morgan fingerprint density at radius 3 is 1.15 bits per heavy atom. The van der Waals surface area contributed by atoms with Crippen LogP contribution in [-0.4, -0.2) is 50.8 Å². The molecule has 0 unspecified atom stereocenters. The summed E-state index contributed by atoms with van der Waals surface area (Å²) in [5, 5.41) is 2.08. The van der Waals surface area contributed by atoms with Crippen LogP contribution in [0, 0.1) is 0 Å². The van der Waals surface area contributed by atoms with E-state index in [2.05, 4.69) is 91.3 Å². The van der Waals surface area contributed by atoms with Crippen molar-refractivity contribution in [2.45, 2.75) is 165 Å². The molecule has 2 nitrogen and oxygen atoms in total. The van der Waals surface area contributed by atoms with Crippen LogP contribution in [0.5, 0.6) is 0 Å². The van der Waals surface area contributed by atoms with E-state index in [1.54, 1.807) is 0 Å². The minimum absolute atomic E-state index is 0.207. The Morgan fingerprint density at radius 2 is 0.882 bits per heavy atom. The number of hydrogen-bond acceptors (Lipinski definition) is 4. The van der Waals surface area contributed by atoms with Crippen LogP contribution >= 0.6 is 23.5 Å². The molecule has 0 aromatic heterocycles. The molecule has 0 spiro atoms. The molecule has 0 saturated heterocycles. The van der Waals surface area contributed by atoms with Crippen LogP contribution in [0.1, 0.15) is 106 Å². The number of thioether (sulfide) groups is 2. The van der Waals surface area contributed by atoms with Crippen molar-refractivity contribution in [3.8, 4) is 0 Å². The maximum atomic E-state index is 7.26. The average molecular weight is 547 g/mol. The summed E-state index contributed by atoms with van der Waals surface area (Å²) in [6, 6.07) is 0. The van der Waals surface area contributed by atoms with Crippen LogP contribution in [0.4, 0.5) is 0 Å². The lowest BCUT2D eigenvalue weighted by atomic mass is 10.0. The maximum absolute atomic E-state index is 7.26. The lowest BCUT2D eigenvalue weighted by Crippen LogP contribution is -2.53. The Morgan fingerprint density at radius 1 is 0.588 bits per heavy atom. The first-order valence-corrected chi connectivity index (χ1v) is 22.1. The van der Waals surface area contributed by atoms with Crippen LogP contribution in [0.3, 0.4) is 0 Å². The van der Waals surface area contributed by atoms with Crippen molar-refractivity contribution < 1.29 is 8.85 Å². The SMILES string of the molecule is CC(C)(C)[Si](C)(C)O[C@@H](CSC1CCCCC1)[C@H](CSC1CCCCC1)O[Si](C)(C)C(C)(C)C. The second-order valence-electron chi connectivity index (χ2n) is 14.0. The van der Waals surface area contributed by atoms with Gasteiger partial charge in [0, 0.05) is 22.0 Å². The van der Waals surface area contributed by atoms with E-state index in [1.807, 2.05) is 0 Å². The zero-order valence-electron chi connectivity index (χ0n) is 24.4. The zero-order chi connectivity index (χ0) is 25.6. The molecule has 0 aromatic carbocycles. The summed E-state index contributed by atoms with van der Waals surface area (Å²) in [6.07, 6.45) is 14.5. The Hall–Kier alpha value is 1.05. The quantitative estimate of drug-likeness (QED) is 0.240. The predicted molar refractivity (Wildman–Crippen MR) is 163 cm³/mol. The van der Waals surface area contributed by atoms with E-state index in [9.17, 15) is 0 Å². The molecular formula is C28H58O2S2Si2. The van der Waals surface area contributed by atoms with Gasteiger partial charge in [-0.1, -0.05) is 80.1 Å². The predicted octanol–water partition coefficient (Wildman–Crippen LogP) is 9.90. The van der Waals surface area contributed by atoms with Crippen LogP contribution in [-0.2, 0) is 8.85 Å². The molecule has 0 heterocycles. The molecule has 2 rings (SSSR count). The third-order valence-corrected chi connectivity index (χ3v) is 21.0. The molecule has 2 aliphatic rings. The van der Waals surface area contributed by atoms with Gasteiger partial charge in [0.25, 0.3) is 0 Å². The van der Waals surface area contributed by atoms with Crippen molar-refractivity contribution in [3.63, 3.8) is 0 Å². The van der Waals surface area contributed by atoms with Crippen molar-refractivity contribution in [1.82, 2.24) is 0 Å². The highest BCUT2D eigenvalue weighted by molar-refractivity contribution is 8.00. The zero-order valence-corrected chi connectivity index (χ0v) is 28.1. The molecule has 34 heavy (non-hydrogen) atoms. The van der Waals surface area contributed by atoms with E-state index in [1.165, 1.54) is 64.2 Å². The molecule has 0 aliphatic heterocycles. The lowest BCUT2D eigenvalue weighted by molar-refractivity contribution is 0.0642. The lowest BCUT2D eigenvalue weighted by Gasteiger charge is -2.45. The van der Waals surface area contributed by atoms with Gasteiger partial charge in [-0.3, -0.25) is 0 Å². The van der Waals surface area contributed by atoms with Crippen LogP contribution in [0.15, 0.2) is 0 Å². The van der Waals surface area contributed by atoms with Gasteiger partial charge in [0.1, 0.15) is 0 Å². The average Bonchev–Trinajstić information content (AvgIpc) is 2.74. The third-order valence-electron chi connectivity index (χ3n) is 9.02. The van der Waals surface area contributed by atoms with Gasteiger partial charge in [0.05, 0.1) is 12.2 Å². The molecule has 0 aromatic rings. The van der Waals surface area contributed by atoms with E-state index in [0.717, 1.165) is 22.0 Å². The van der Waals surface area contributed by atoms with E-state index in [-0.39, 0.29) is 22.3 Å². The second-order valence-corrected chi connectivity index (χ2v) is 26.2. The summed E-state index contributed by atoms with van der Waals surface area (Å²) in [5.41, 5.74) is 0. The van der Waals surface area contributed by atoms with E-state index in [4.69, 9.17) is 8.85 Å². The van der Waals surface area contributed by atoms with Gasteiger partial charge in [0.2, 0.25) is 0 Å². The largest absolute Gasteiger partial charge is 0.410 e. The summed E-state index contributed by atoms with van der Waals surface area (Å²) in [6.45, 7) is 24.0. The highest BCUT2D eigenvalue weighted by atomic mass is 32.2. The number of hydrogen-bond donors (Lipinski definition) is 0. The molecule has 2 aliphatic carbocycles. The van der Waals surface area contributed by atoms with E-state index in [0.29, 0.717) is 0 Å². The molecular weight excluding hydrogens is 489 g/mol. The summed E-state index contributed by atoms with van der Waals surface area (Å²) in [5.74, 6) is 2.20. The molecule has 6 heteroatoms.